The monoisotopic (exact) mass is 207 g/mol. The molecule has 2 N–H and O–H groups in total. The maximum absolute atomic E-state index is 9.01. The third kappa shape index (κ3) is 3.33. The van der Waals surface area contributed by atoms with E-state index in [0.717, 1.165) is 13.0 Å². The summed E-state index contributed by atoms with van der Waals surface area (Å²) in [6, 6.07) is 6.77. The van der Waals surface area contributed by atoms with Crippen LogP contribution in [0.15, 0.2) is 18.2 Å². The summed E-state index contributed by atoms with van der Waals surface area (Å²) >= 11 is 0. The molecule has 0 aromatic heterocycles. The summed E-state index contributed by atoms with van der Waals surface area (Å²) in [6.07, 6.45) is 0.774. The molecule has 0 bridgehead atoms. The molecule has 15 heavy (non-hydrogen) atoms. The van der Waals surface area contributed by atoms with Gasteiger partial charge < -0.3 is 10.4 Å². The Kier molecular flexibility index (Phi) is 4.79. The second-order valence-corrected chi connectivity index (χ2v) is 3.97. The van der Waals surface area contributed by atoms with E-state index in [1.54, 1.807) is 0 Å². The van der Waals surface area contributed by atoms with Gasteiger partial charge in [0.05, 0.1) is 0 Å². The molecule has 2 nitrogen and oxygen atoms in total. The first kappa shape index (κ1) is 12.2. The Hall–Kier alpha value is -0.860. The van der Waals surface area contributed by atoms with Crippen molar-refractivity contribution in [1.82, 2.24) is 5.32 Å². The molecule has 0 radical (unpaired) electrons. The fourth-order valence-corrected chi connectivity index (χ4v) is 1.74. The second kappa shape index (κ2) is 5.89. The number of hydrogen-bond donors (Lipinski definition) is 2. The minimum absolute atomic E-state index is 0.227. The molecule has 84 valence electrons. The SMILES string of the molecule is CCNC(CCO)c1ccc(C)c(C)c1. The number of nitrogens with one attached hydrogen (secondary N) is 1. The molecule has 0 heterocycles. The first-order valence-corrected chi connectivity index (χ1v) is 5.60. The fraction of sp³-hybridized carbons (Fsp3) is 0.538. The number of hydrogen-bond acceptors (Lipinski definition) is 2. The molecule has 0 aliphatic rings. The van der Waals surface area contributed by atoms with E-state index >= 15 is 0 Å². The van der Waals surface area contributed by atoms with E-state index in [-0.39, 0.29) is 12.6 Å². The van der Waals surface area contributed by atoms with Crippen molar-refractivity contribution >= 4 is 0 Å². The van der Waals surface area contributed by atoms with E-state index in [4.69, 9.17) is 5.11 Å². The van der Waals surface area contributed by atoms with Crippen LogP contribution < -0.4 is 5.32 Å². The van der Waals surface area contributed by atoms with Crippen molar-refractivity contribution in [3.05, 3.63) is 34.9 Å². The largest absolute Gasteiger partial charge is 0.396 e. The molecule has 0 saturated heterocycles. The molecule has 1 aromatic carbocycles. The van der Waals surface area contributed by atoms with E-state index in [0.29, 0.717) is 0 Å². The molecule has 1 unspecified atom stereocenters. The molecule has 0 spiro atoms. The number of aliphatic hydroxyl groups excluding tert-OH is 1. The number of benzene rings is 1. The quantitative estimate of drug-likeness (QED) is 0.776. The van der Waals surface area contributed by atoms with Crippen LogP contribution in [0.4, 0.5) is 0 Å². The standard InChI is InChI=1S/C13H21NO/c1-4-14-13(7-8-15)12-6-5-10(2)11(3)9-12/h5-6,9,13-15H,4,7-8H2,1-3H3. The zero-order chi connectivity index (χ0) is 11.3. The van der Waals surface area contributed by atoms with E-state index in [1.807, 2.05) is 0 Å². The molecule has 0 saturated carbocycles. The molecular formula is C13H21NO. The summed E-state index contributed by atoms with van der Waals surface area (Å²) in [7, 11) is 0. The zero-order valence-electron chi connectivity index (χ0n) is 9.88. The van der Waals surface area contributed by atoms with Crippen LogP contribution in [0.3, 0.4) is 0 Å². The third-order valence-electron chi connectivity index (χ3n) is 2.80. The van der Waals surface area contributed by atoms with Crippen LogP contribution in [0.1, 0.15) is 36.1 Å². The van der Waals surface area contributed by atoms with Crippen LogP contribution in [0, 0.1) is 13.8 Å². The second-order valence-electron chi connectivity index (χ2n) is 3.97. The molecule has 0 aliphatic carbocycles. The summed E-state index contributed by atoms with van der Waals surface area (Å²) in [6.45, 7) is 7.49. The van der Waals surface area contributed by atoms with Crippen molar-refractivity contribution < 1.29 is 5.11 Å². The predicted octanol–water partition coefficient (Wildman–Crippen LogP) is 2.34. The molecule has 0 fully saturated rings. The van der Waals surface area contributed by atoms with Gasteiger partial charge in [0.1, 0.15) is 0 Å². The minimum Gasteiger partial charge on any atom is -0.396 e. The normalized spacial score (nSPS) is 12.8. The van der Waals surface area contributed by atoms with Gasteiger partial charge in [0.2, 0.25) is 0 Å². The van der Waals surface area contributed by atoms with Crippen LogP contribution in [0.25, 0.3) is 0 Å². The highest BCUT2D eigenvalue weighted by Gasteiger charge is 2.09. The number of rotatable bonds is 5. The highest BCUT2D eigenvalue weighted by Crippen LogP contribution is 2.19. The van der Waals surface area contributed by atoms with Crippen LogP contribution in [-0.4, -0.2) is 18.3 Å². The Balaban J connectivity index is 2.85. The Morgan fingerprint density at radius 3 is 2.53 bits per heavy atom. The van der Waals surface area contributed by atoms with Crippen LogP contribution in [0.5, 0.6) is 0 Å². The van der Waals surface area contributed by atoms with Gasteiger partial charge in [-0.2, -0.15) is 0 Å². The van der Waals surface area contributed by atoms with Gasteiger partial charge in [-0.1, -0.05) is 25.1 Å². The lowest BCUT2D eigenvalue weighted by atomic mass is 9.99. The highest BCUT2D eigenvalue weighted by atomic mass is 16.3. The third-order valence-corrected chi connectivity index (χ3v) is 2.80. The van der Waals surface area contributed by atoms with E-state index in [2.05, 4.69) is 44.3 Å². The van der Waals surface area contributed by atoms with Crippen molar-refractivity contribution in [2.75, 3.05) is 13.2 Å². The Morgan fingerprint density at radius 1 is 1.27 bits per heavy atom. The van der Waals surface area contributed by atoms with Gasteiger partial charge in [-0.3, -0.25) is 0 Å². The predicted molar refractivity (Wildman–Crippen MR) is 64.0 cm³/mol. The molecule has 2 heteroatoms. The van der Waals surface area contributed by atoms with Gasteiger partial charge in [0.25, 0.3) is 0 Å². The number of aliphatic hydroxyl groups is 1. The maximum atomic E-state index is 9.01. The minimum atomic E-state index is 0.227. The topological polar surface area (TPSA) is 32.3 Å². The fourth-order valence-electron chi connectivity index (χ4n) is 1.74. The van der Waals surface area contributed by atoms with Gasteiger partial charge in [0.15, 0.2) is 0 Å². The lowest BCUT2D eigenvalue weighted by Crippen LogP contribution is -2.22. The van der Waals surface area contributed by atoms with Crippen molar-refractivity contribution in [3.63, 3.8) is 0 Å². The summed E-state index contributed by atoms with van der Waals surface area (Å²) in [5, 5.41) is 12.4. The highest BCUT2D eigenvalue weighted by molar-refractivity contribution is 5.31. The van der Waals surface area contributed by atoms with Gasteiger partial charge in [-0.05, 0) is 43.5 Å². The van der Waals surface area contributed by atoms with Gasteiger partial charge in [0, 0.05) is 12.6 Å². The Morgan fingerprint density at radius 2 is 2.00 bits per heavy atom. The van der Waals surface area contributed by atoms with Crippen LogP contribution in [-0.2, 0) is 0 Å². The van der Waals surface area contributed by atoms with Crippen molar-refractivity contribution in [2.45, 2.75) is 33.2 Å². The van der Waals surface area contributed by atoms with Gasteiger partial charge in [-0.25, -0.2) is 0 Å². The Labute approximate surface area is 92.3 Å². The molecular weight excluding hydrogens is 186 g/mol. The summed E-state index contributed by atoms with van der Waals surface area (Å²) in [4.78, 5) is 0. The van der Waals surface area contributed by atoms with E-state index in [1.165, 1.54) is 16.7 Å². The maximum Gasteiger partial charge on any atom is 0.0449 e. The average molecular weight is 207 g/mol. The Bertz CT molecular complexity index is 303. The summed E-state index contributed by atoms with van der Waals surface area (Å²) in [5.74, 6) is 0. The molecule has 1 atom stereocenters. The first-order chi connectivity index (χ1) is 7.19. The molecule has 1 aromatic rings. The van der Waals surface area contributed by atoms with E-state index in [9.17, 15) is 0 Å². The summed E-state index contributed by atoms with van der Waals surface area (Å²) < 4.78 is 0. The smallest absolute Gasteiger partial charge is 0.0449 e. The van der Waals surface area contributed by atoms with Gasteiger partial charge in [-0.15, -0.1) is 0 Å². The van der Waals surface area contributed by atoms with Crippen LogP contribution in [0.2, 0.25) is 0 Å². The average Bonchev–Trinajstić information content (AvgIpc) is 2.22. The molecule has 0 aliphatic heterocycles. The molecule has 0 amide bonds. The van der Waals surface area contributed by atoms with Crippen LogP contribution >= 0.6 is 0 Å². The van der Waals surface area contributed by atoms with Crippen molar-refractivity contribution in [3.8, 4) is 0 Å². The van der Waals surface area contributed by atoms with Gasteiger partial charge >= 0.3 is 0 Å². The summed E-state index contributed by atoms with van der Waals surface area (Å²) in [5.41, 5.74) is 3.90. The lowest BCUT2D eigenvalue weighted by Gasteiger charge is -2.18. The zero-order valence-corrected chi connectivity index (χ0v) is 9.88. The lowest BCUT2D eigenvalue weighted by molar-refractivity contribution is 0.266. The number of aryl methyl sites for hydroxylation is 2. The molecule has 1 rings (SSSR count). The van der Waals surface area contributed by atoms with E-state index < -0.39 is 0 Å². The first-order valence-electron chi connectivity index (χ1n) is 5.60. The van der Waals surface area contributed by atoms with Crippen molar-refractivity contribution in [1.29, 1.82) is 0 Å². The van der Waals surface area contributed by atoms with Crippen molar-refractivity contribution in [2.24, 2.45) is 0 Å².